The van der Waals surface area contributed by atoms with Crippen molar-refractivity contribution in [2.24, 2.45) is 0 Å². The molecule has 31 heavy (non-hydrogen) atoms. The van der Waals surface area contributed by atoms with Gasteiger partial charge in [-0.3, -0.25) is 0 Å². The Morgan fingerprint density at radius 1 is 0.968 bits per heavy atom. The van der Waals surface area contributed by atoms with Gasteiger partial charge < -0.3 is 4.42 Å². The Morgan fingerprint density at radius 2 is 1.77 bits per heavy atom. The number of benzene rings is 3. The van der Waals surface area contributed by atoms with Gasteiger partial charge in [-0.05, 0) is 41.5 Å². The van der Waals surface area contributed by atoms with E-state index in [-0.39, 0.29) is 5.63 Å². The van der Waals surface area contributed by atoms with Crippen molar-refractivity contribution in [3.8, 4) is 0 Å². The molecular formula is C24H16N4O2S. The zero-order valence-electron chi connectivity index (χ0n) is 16.6. The van der Waals surface area contributed by atoms with E-state index < -0.39 is 0 Å². The Bertz CT molecular complexity index is 1690. The smallest absolute Gasteiger partial charge is 0.336 e. The Kier molecular flexibility index (Phi) is 4.04. The fourth-order valence-corrected chi connectivity index (χ4v) is 4.93. The summed E-state index contributed by atoms with van der Waals surface area (Å²) in [5, 5.41) is 9.36. The SMILES string of the molecule is Cc1nc2c3ccccc3nc(SCc3cc(=O)oc4ccc5ccccc5c34)n2n1. The average molecular weight is 424 g/mol. The molecule has 3 aromatic heterocycles. The Labute approximate surface area is 180 Å². The number of para-hydroxylation sites is 1. The van der Waals surface area contributed by atoms with Gasteiger partial charge in [0.05, 0.1) is 5.52 Å². The fraction of sp³-hybridized carbons (Fsp3) is 0.0833. The Balaban J connectivity index is 1.52. The summed E-state index contributed by atoms with van der Waals surface area (Å²) < 4.78 is 7.27. The first-order chi connectivity index (χ1) is 15.2. The van der Waals surface area contributed by atoms with E-state index >= 15 is 0 Å². The largest absolute Gasteiger partial charge is 0.423 e. The van der Waals surface area contributed by atoms with E-state index in [2.05, 4.69) is 22.2 Å². The third kappa shape index (κ3) is 2.97. The summed E-state index contributed by atoms with van der Waals surface area (Å²) in [5.41, 5.74) is 2.80. The van der Waals surface area contributed by atoms with Crippen LogP contribution >= 0.6 is 11.8 Å². The molecule has 7 heteroatoms. The summed E-state index contributed by atoms with van der Waals surface area (Å²) in [7, 11) is 0. The third-order valence-electron chi connectivity index (χ3n) is 5.33. The number of thioether (sulfide) groups is 1. The highest BCUT2D eigenvalue weighted by molar-refractivity contribution is 7.98. The van der Waals surface area contributed by atoms with Gasteiger partial charge in [-0.25, -0.2) is 14.8 Å². The van der Waals surface area contributed by atoms with Crippen LogP contribution in [0.4, 0.5) is 0 Å². The second-order valence-corrected chi connectivity index (χ2v) is 8.29. The van der Waals surface area contributed by atoms with Crippen LogP contribution in [0.15, 0.2) is 81.1 Å². The molecule has 6 aromatic rings. The van der Waals surface area contributed by atoms with Gasteiger partial charge in [-0.15, -0.1) is 5.10 Å². The molecule has 0 aliphatic rings. The molecule has 3 aromatic carbocycles. The normalized spacial score (nSPS) is 11.8. The molecule has 0 fully saturated rings. The van der Waals surface area contributed by atoms with Crippen molar-refractivity contribution < 1.29 is 4.42 Å². The highest BCUT2D eigenvalue weighted by atomic mass is 32.2. The van der Waals surface area contributed by atoms with E-state index in [9.17, 15) is 4.79 Å². The van der Waals surface area contributed by atoms with Crippen LogP contribution in [0.25, 0.3) is 38.3 Å². The molecule has 0 radical (unpaired) electrons. The van der Waals surface area contributed by atoms with E-state index in [0.717, 1.165) is 43.4 Å². The van der Waals surface area contributed by atoms with Gasteiger partial charge in [-0.2, -0.15) is 4.52 Å². The molecule has 0 saturated heterocycles. The van der Waals surface area contributed by atoms with Gasteiger partial charge in [0.2, 0.25) is 0 Å². The molecule has 0 aliphatic heterocycles. The van der Waals surface area contributed by atoms with Crippen LogP contribution in [0, 0.1) is 6.92 Å². The fourth-order valence-electron chi connectivity index (χ4n) is 4.00. The summed E-state index contributed by atoms with van der Waals surface area (Å²) in [6.45, 7) is 1.87. The Morgan fingerprint density at radius 3 is 2.68 bits per heavy atom. The minimum atomic E-state index is -0.355. The maximum atomic E-state index is 12.2. The minimum absolute atomic E-state index is 0.355. The van der Waals surface area contributed by atoms with Crippen molar-refractivity contribution in [1.29, 1.82) is 0 Å². The third-order valence-corrected chi connectivity index (χ3v) is 6.30. The number of hydrogen-bond donors (Lipinski definition) is 0. The van der Waals surface area contributed by atoms with Gasteiger partial charge in [0.15, 0.2) is 10.8 Å². The number of rotatable bonds is 3. The van der Waals surface area contributed by atoms with E-state index in [1.807, 2.05) is 55.5 Å². The second kappa shape index (κ2) is 6.92. The molecule has 0 unspecified atom stereocenters. The quantitative estimate of drug-likeness (QED) is 0.170. The molecular weight excluding hydrogens is 408 g/mol. The number of nitrogens with zero attached hydrogens (tertiary/aromatic N) is 4. The summed E-state index contributed by atoms with van der Waals surface area (Å²) in [5.74, 6) is 1.24. The second-order valence-electron chi connectivity index (χ2n) is 7.35. The van der Waals surface area contributed by atoms with Gasteiger partial charge in [0.1, 0.15) is 11.4 Å². The van der Waals surface area contributed by atoms with Crippen molar-refractivity contribution in [2.75, 3.05) is 0 Å². The zero-order chi connectivity index (χ0) is 20.9. The predicted octanol–water partition coefficient (Wildman–Crippen LogP) is 5.14. The van der Waals surface area contributed by atoms with Crippen LogP contribution in [0.3, 0.4) is 0 Å². The lowest BCUT2D eigenvalue weighted by Gasteiger charge is -2.09. The van der Waals surface area contributed by atoms with E-state index in [1.165, 1.54) is 11.8 Å². The molecule has 0 spiro atoms. The lowest BCUT2D eigenvalue weighted by molar-refractivity contribution is 0.560. The highest BCUT2D eigenvalue weighted by Crippen LogP contribution is 2.32. The maximum Gasteiger partial charge on any atom is 0.336 e. The Hall–Kier alpha value is -3.71. The number of aryl methyl sites for hydroxylation is 1. The van der Waals surface area contributed by atoms with Crippen LogP contribution < -0.4 is 5.63 Å². The van der Waals surface area contributed by atoms with Crippen LogP contribution in [0.2, 0.25) is 0 Å². The van der Waals surface area contributed by atoms with Crippen LogP contribution in [0.5, 0.6) is 0 Å². The van der Waals surface area contributed by atoms with Crippen LogP contribution in [-0.2, 0) is 5.75 Å². The lowest BCUT2D eigenvalue weighted by atomic mass is 10.0. The molecule has 0 amide bonds. The minimum Gasteiger partial charge on any atom is -0.423 e. The summed E-state index contributed by atoms with van der Waals surface area (Å²) in [6, 6.07) is 21.4. The monoisotopic (exact) mass is 424 g/mol. The van der Waals surface area contributed by atoms with Crippen molar-refractivity contribution in [3.63, 3.8) is 0 Å². The van der Waals surface area contributed by atoms with Crippen molar-refractivity contribution >= 4 is 50.1 Å². The summed E-state index contributed by atoms with van der Waals surface area (Å²) in [6.07, 6.45) is 0. The molecule has 150 valence electrons. The van der Waals surface area contributed by atoms with E-state index in [0.29, 0.717) is 17.2 Å². The zero-order valence-corrected chi connectivity index (χ0v) is 17.4. The molecule has 6 nitrogen and oxygen atoms in total. The molecule has 6 rings (SSSR count). The maximum absolute atomic E-state index is 12.2. The standard InChI is InChI=1S/C24H16N4O2S/c1-14-25-23-18-8-4-5-9-19(18)26-24(28(23)27-14)31-13-16-12-21(29)30-20-11-10-15-6-2-3-7-17(15)22(16)20/h2-12H,13H2,1H3. The van der Waals surface area contributed by atoms with Gasteiger partial charge in [0, 0.05) is 22.6 Å². The van der Waals surface area contributed by atoms with Gasteiger partial charge in [-0.1, -0.05) is 54.2 Å². The number of hydrogen-bond acceptors (Lipinski definition) is 6. The van der Waals surface area contributed by atoms with Gasteiger partial charge in [0.25, 0.3) is 0 Å². The van der Waals surface area contributed by atoms with Crippen LogP contribution in [0.1, 0.15) is 11.4 Å². The van der Waals surface area contributed by atoms with Crippen molar-refractivity contribution in [2.45, 2.75) is 17.8 Å². The van der Waals surface area contributed by atoms with E-state index in [1.54, 1.807) is 10.6 Å². The predicted molar refractivity (Wildman–Crippen MR) is 123 cm³/mol. The molecule has 0 N–H and O–H groups in total. The molecule has 0 aliphatic carbocycles. The van der Waals surface area contributed by atoms with Crippen LogP contribution in [-0.4, -0.2) is 19.6 Å². The first-order valence-corrected chi connectivity index (χ1v) is 10.9. The number of fused-ring (bicyclic) bond motifs is 6. The molecule has 0 bridgehead atoms. The first kappa shape index (κ1) is 18.1. The number of aromatic nitrogens is 4. The van der Waals surface area contributed by atoms with Crippen molar-refractivity contribution in [1.82, 2.24) is 19.6 Å². The summed E-state index contributed by atoms with van der Waals surface area (Å²) >= 11 is 1.53. The van der Waals surface area contributed by atoms with Crippen molar-refractivity contribution in [3.05, 3.63) is 88.5 Å². The molecule has 0 saturated carbocycles. The highest BCUT2D eigenvalue weighted by Gasteiger charge is 2.15. The topological polar surface area (TPSA) is 73.3 Å². The molecule has 0 atom stereocenters. The lowest BCUT2D eigenvalue weighted by Crippen LogP contribution is -2.02. The van der Waals surface area contributed by atoms with E-state index in [4.69, 9.17) is 9.40 Å². The summed E-state index contributed by atoms with van der Waals surface area (Å²) in [4.78, 5) is 21.6. The van der Waals surface area contributed by atoms with Gasteiger partial charge >= 0.3 is 5.63 Å². The average Bonchev–Trinajstić information content (AvgIpc) is 3.18. The molecule has 3 heterocycles. The first-order valence-electron chi connectivity index (χ1n) is 9.87.